The lowest BCUT2D eigenvalue weighted by Gasteiger charge is -2.27. The standard InChI is InChI=1S/C24H32N2O/c1-3-4-6-20-17-25-24(26-18-20)23-14-12-22(13-15-23)21-10-8-19(9-11-21)7-5-16-27-2/h5,7,12-15,17-19,21H,3-4,6,8-11,16H2,1-2H3/t19-,21-. The molecule has 1 saturated carbocycles. The lowest BCUT2D eigenvalue weighted by molar-refractivity contribution is 0.233. The highest BCUT2D eigenvalue weighted by Gasteiger charge is 2.20. The second-order valence-electron chi connectivity index (χ2n) is 7.64. The van der Waals surface area contributed by atoms with E-state index < -0.39 is 0 Å². The van der Waals surface area contributed by atoms with Gasteiger partial charge in [0.05, 0.1) is 6.61 Å². The highest BCUT2D eigenvalue weighted by Crippen LogP contribution is 2.36. The lowest BCUT2D eigenvalue weighted by Crippen LogP contribution is -2.11. The third-order valence-electron chi connectivity index (χ3n) is 5.61. The number of allylic oxidation sites excluding steroid dienone is 1. The minimum Gasteiger partial charge on any atom is -0.381 e. The van der Waals surface area contributed by atoms with Gasteiger partial charge in [-0.3, -0.25) is 0 Å². The summed E-state index contributed by atoms with van der Waals surface area (Å²) in [7, 11) is 1.75. The first-order chi connectivity index (χ1) is 13.3. The van der Waals surface area contributed by atoms with Gasteiger partial charge in [-0.15, -0.1) is 0 Å². The van der Waals surface area contributed by atoms with Crippen molar-refractivity contribution in [3.05, 3.63) is 59.9 Å². The van der Waals surface area contributed by atoms with Crippen molar-refractivity contribution in [2.24, 2.45) is 5.92 Å². The Bertz CT molecular complexity index is 698. The summed E-state index contributed by atoms with van der Waals surface area (Å²) in [5, 5.41) is 0. The number of rotatable bonds is 8. The van der Waals surface area contributed by atoms with Crippen LogP contribution in [0.15, 0.2) is 48.8 Å². The molecule has 3 heteroatoms. The topological polar surface area (TPSA) is 35.0 Å². The second kappa shape index (κ2) is 10.4. The van der Waals surface area contributed by atoms with Crippen LogP contribution in [0.4, 0.5) is 0 Å². The van der Waals surface area contributed by atoms with Crippen LogP contribution in [-0.2, 0) is 11.2 Å². The van der Waals surface area contributed by atoms with Gasteiger partial charge in [0.15, 0.2) is 5.82 Å². The molecule has 1 fully saturated rings. The minimum absolute atomic E-state index is 0.684. The molecule has 3 rings (SSSR count). The molecule has 1 aromatic heterocycles. The Morgan fingerprint density at radius 1 is 1.04 bits per heavy atom. The van der Waals surface area contributed by atoms with E-state index in [1.165, 1.54) is 49.7 Å². The average Bonchev–Trinajstić information content (AvgIpc) is 2.73. The quantitative estimate of drug-likeness (QED) is 0.542. The molecule has 0 radical (unpaired) electrons. The monoisotopic (exact) mass is 364 g/mol. The first kappa shape index (κ1) is 19.8. The molecule has 0 atom stereocenters. The van der Waals surface area contributed by atoms with Crippen molar-refractivity contribution in [1.82, 2.24) is 9.97 Å². The van der Waals surface area contributed by atoms with Gasteiger partial charge in [0.2, 0.25) is 0 Å². The Morgan fingerprint density at radius 3 is 2.37 bits per heavy atom. The van der Waals surface area contributed by atoms with Gasteiger partial charge in [-0.05, 0) is 61.5 Å². The molecule has 0 spiro atoms. The summed E-state index contributed by atoms with van der Waals surface area (Å²) in [6.45, 7) is 2.93. The maximum Gasteiger partial charge on any atom is 0.159 e. The number of hydrogen-bond acceptors (Lipinski definition) is 3. The van der Waals surface area contributed by atoms with Crippen LogP contribution >= 0.6 is 0 Å². The van der Waals surface area contributed by atoms with Crippen LogP contribution in [0.25, 0.3) is 11.4 Å². The predicted molar refractivity (Wildman–Crippen MR) is 112 cm³/mol. The predicted octanol–water partition coefficient (Wildman–Crippen LogP) is 5.96. The number of benzene rings is 1. The van der Waals surface area contributed by atoms with Crippen molar-refractivity contribution >= 4 is 0 Å². The van der Waals surface area contributed by atoms with E-state index in [1.807, 2.05) is 12.4 Å². The Balaban J connectivity index is 1.56. The molecular weight excluding hydrogens is 332 g/mol. The molecule has 0 amide bonds. The van der Waals surface area contributed by atoms with Gasteiger partial charge in [-0.2, -0.15) is 0 Å². The zero-order valence-corrected chi connectivity index (χ0v) is 16.7. The molecular formula is C24H32N2O. The summed E-state index contributed by atoms with van der Waals surface area (Å²) in [4.78, 5) is 9.12. The van der Waals surface area contributed by atoms with Crippen molar-refractivity contribution in [1.29, 1.82) is 0 Å². The zero-order valence-electron chi connectivity index (χ0n) is 16.7. The number of methoxy groups -OCH3 is 1. The van der Waals surface area contributed by atoms with Gasteiger partial charge in [0, 0.05) is 25.1 Å². The normalized spacial score (nSPS) is 20.2. The SMILES string of the molecule is CCCCc1cnc(-c2ccc([C@H]3CC[C@H](C=CCOC)CC3)cc2)nc1. The highest BCUT2D eigenvalue weighted by atomic mass is 16.5. The summed E-state index contributed by atoms with van der Waals surface area (Å²) < 4.78 is 5.10. The minimum atomic E-state index is 0.684. The van der Waals surface area contributed by atoms with Crippen LogP contribution in [-0.4, -0.2) is 23.7 Å². The fraction of sp³-hybridized carbons (Fsp3) is 0.500. The van der Waals surface area contributed by atoms with Gasteiger partial charge >= 0.3 is 0 Å². The molecule has 1 aromatic carbocycles. The molecule has 144 valence electrons. The Morgan fingerprint density at radius 2 is 1.74 bits per heavy atom. The average molecular weight is 365 g/mol. The van der Waals surface area contributed by atoms with E-state index in [-0.39, 0.29) is 0 Å². The zero-order chi connectivity index (χ0) is 18.9. The largest absolute Gasteiger partial charge is 0.381 e. The molecule has 0 N–H and O–H groups in total. The van der Waals surface area contributed by atoms with E-state index in [9.17, 15) is 0 Å². The highest BCUT2D eigenvalue weighted by molar-refractivity contribution is 5.55. The van der Waals surface area contributed by atoms with Gasteiger partial charge in [0.1, 0.15) is 0 Å². The van der Waals surface area contributed by atoms with Gasteiger partial charge < -0.3 is 4.74 Å². The third-order valence-corrected chi connectivity index (χ3v) is 5.61. The fourth-order valence-corrected chi connectivity index (χ4v) is 3.91. The van der Waals surface area contributed by atoms with Gasteiger partial charge in [-0.1, -0.05) is 49.8 Å². The van der Waals surface area contributed by atoms with Crippen molar-refractivity contribution in [3.8, 4) is 11.4 Å². The summed E-state index contributed by atoms with van der Waals surface area (Å²) in [6.07, 6.45) is 17.0. The summed E-state index contributed by atoms with van der Waals surface area (Å²) >= 11 is 0. The number of hydrogen-bond donors (Lipinski definition) is 0. The van der Waals surface area contributed by atoms with E-state index in [4.69, 9.17) is 4.74 Å². The molecule has 0 bridgehead atoms. The Kier molecular flexibility index (Phi) is 7.58. The lowest BCUT2D eigenvalue weighted by atomic mass is 9.78. The molecule has 0 saturated heterocycles. The van der Waals surface area contributed by atoms with Crippen LogP contribution in [0.5, 0.6) is 0 Å². The Hall–Kier alpha value is -2.00. The first-order valence-corrected chi connectivity index (χ1v) is 10.4. The molecule has 1 aliphatic rings. The van der Waals surface area contributed by atoms with Crippen LogP contribution in [0, 0.1) is 5.92 Å². The van der Waals surface area contributed by atoms with Crippen LogP contribution in [0.1, 0.15) is 62.5 Å². The van der Waals surface area contributed by atoms with Crippen molar-refractivity contribution in [2.45, 2.75) is 57.8 Å². The smallest absolute Gasteiger partial charge is 0.159 e. The van der Waals surface area contributed by atoms with Crippen LogP contribution < -0.4 is 0 Å². The number of aromatic nitrogens is 2. The molecule has 0 unspecified atom stereocenters. The second-order valence-corrected chi connectivity index (χ2v) is 7.64. The number of unbranched alkanes of at least 4 members (excludes halogenated alkanes) is 1. The number of ether oxygens (including phenoxy) is 1. The van der Waals surface area contributed by atoms with Gasteiger partial charge in [-0.25, -0.2) is 9.97 Å². The van der Waals surface area contributed by atoms with Gasteiger partial charge in [0.25, 0.3) is 0 Å². The van der Waals surface area contributed by atoms with E-state index in [2.05, 4.69) is 53.3 Å². The molecule has 3 nitrogen and oxygen atoms in total. The van der Waals surface area contributed by atoms with E-state index in [0.29, 0.717) is 5.92 Å². The van der Waals surface area contributed by atoms with Crippen LogP contribution in [0.3, 0.4) is 0 Å². The molecule has 1 heterocycles. The maximum atomic E-state index is 5.10. The van der Waals surface area contributed by atoms with Crippen molar-refractivity contribution in [2.75, 3.05) is 13.7 Å². The molecule has 1 aliphatic carbocycles. The third kappa shape index (κ3) is 5.74. The first-order valence-electron chi connectivity index (χ1n) is 10.4. The molecule has 2 aromatic rings. The summed E-state index contributed by atoms with van der Waals surface area (Å²) in [6, 6.07) is 8.91. The van der Waals surface area contributed by atoms with Crippen molar-refractivity contribution < 1.29 is 4.74 Å². The summed E-state index contributed by atoms with van der Waals surface area (Å²) in [5.74, 6) is 2.23. The molecule has 0 aliphatic heterocycles. The number of nitrogens with zero attached hydrogens (tertiary/aromatic N) is 2. The summed E-state index contributed by atoms with van der Waals surface area (Å²) in [5.41, 5.74) is 3.79. The van der Waals surface area contributed by atoms with Crippen molar-refractivity contribution in [3.63, 3.8) is 0 Å². The Labute approximate surface area is 163 Å². The van der Waals surface area contributed by atoms with E-state index in [0.717, 1.165) is 30.3 Å². The van der Waals surface area contributed by atoms with Crippen LogP contribution in [0.2, 0.25) is 0 Å². The van der Waals surface area contributed by atoms with E-state index >= 15 is 0 Å². The number of aryl methyl sites for hydroxylation is 1. The molecule has 27 heavy (non-hydrogen) atoms. The fourth-order valence-electron chi connectivity index (χ4n) is 3.91. The van der Waals surface area contributed by atoms with E-state index in [1.54, 1.807) is 7.11 Å². The maximum absolute atomic E-state index is 5.10.